The van der Waals surface area contributed by atoms with Crippen molar-refractivity contribution in [3.63, 3.8) is 0 Å². The van der Waals surface area contributed by atoms with E-state index in [9.17, 15) is 19.2 Å². The molecule has 9 heteroatoms. The van der Waals surface area contributed by atoms with E-state index in [0.717, 1.165) is 28.9 Å². The van der Waals surface area contributed by atoms with Crippen molar-refractivity contribution < 1.29 is 23.9 Å². The first kappa shape index (κ1) is 21.9. The summed E-state index contributed by atoms with van der Waals surface area (Å²) in [6, 6.07) is 14.5. The number of nitrogens with zero attached hydrogens (tertiary/aromatic N) is 2. The lowest BCUT2D eigenvalue weighted by Gasteiger charge is -2.26. The number of benzene rings is 2. The van der Waals surface area contributed by atoms with Crippen molar-refractivity contribution in [1.82, 2.24) is 15.1 Å². The topological polar surface area (TPSA) is 108 Å². The zero-order chi connectivity index (χ0) is 23.9. The average Bonchev–Trinajstić information content (AvgIpc) is 3.53. The molecule has 2 N–H and O–H groups in total. The van der Waals surface area contributed by atoms with Gasteiger partial charge in [-0.2, -0.15) is 0 Å². The molecule has 2 fully saturated rings. The summed E-state index contributed by atoms with van der Waals surface area (Å²) in [6.07, 6.45) is 1.74. The van der Waals surface area contributed by atoms with E-state index in [4.69, 9.17) is 4.74 Å². The predicted molar refractivity (Wildman–Crippen MR) is 123 cm³/mol. The number of nitrogens with one attached hydrogen (secondary N) is 2. The number of anilines is 1. The number of imide groups is 1. The van der Waals surface area contributed by atoms with Gasteiger partial charge in [0.1, 0.15) is 6.54 Å². The third-order valence-electron chi connectivity index (χ3n) is 6.90. The van der Waals surface area contributed by atoms with Crippen LogP contribution in [0.5, 0.6) is 0 Å². The second kappa shape index (κ2) is 8.48. The number of ether oxygens (including phenoxy) is 1. The van der Waals surface area contributed by atoms with Gasteiger partial charge in [0.25, 0.3) is 5.91 Å². The van der Waals surface area contributed by atoms with E-state index in [1.807, 2.05) is 30.3 Å². The molecule has 2 heterocycles. The fourth-order valence-corrected chi connectivity index (χ4v) is 5.24. The smallest absolute Gasteiger partial charge is 0.418 e. The van der Waals surface area contributed by atoms with Gasteiger partial charge in [-0.05, 0) is 42.5 Å². The van der Waals surface area contributed by atoms with Crippen LogP contribution in [0.2, 0.25) is 0 Å². The number of amides is 5. The van der Waals surface area contributed by atoms with Crippen LogP contribution >= 0.6 is 0 Å². The zero-order valence-electron chi connectivity index (χ0n) is 18.9. The number of hydrogen-bond acceptors (Lipinski definition) is 5. The minimum Gasteiger partial charge on any atom is -0.427 e. The Labute approximate surface area is 197 Å². The highest BCUT2D eigenvalue weighted by Crippen LogP contribution is 2.46. The maximum atomic E-state index is 13.4. The molecule has 1 aliphatic carbocycles. The van der Waals surface area contributed by atoms with Crippen LogP contribution in [0.15, 0.2) is 48.5 Å². The Morgan fingerprint density at radius 3 is 2.71 bits per heavy atom. The van der Waals surface area contributed by atoms with Crippen molar-refractivity contribution in [2.75, 3.05) is 25.5 Å². The normalized spacial score (nSPS) is 23.3. The van der Waals surface area contributed by atoms with E-state index in [-0.39, 0.29) is 24.5 Å². The molecule has 176 valence electrons. The number of rotatable bonds is 4. The number of urea groups is 1. The fourth-order valence-electron chi connectivity index (χ4n) is 5.24. The van der Waals surface area contributed by atoms with Gasteiger partial charge in [0, 0.05) is 31.3 Å². The predicted octanol–water partition coefficient (Wildman–Crippen LogP) is 2.92. The van der Waals surface area contributed by atoms with Gasteiger partial charge in [0.15, 0.2) is 0 Å². The zero-order valence-corrected chi connectivity index (χ0v) is 18.9. The molecule has 9 nitrogen and oxygen atoms in total. The van der Waals surface area contributed by atoms with E-state index in [2.05, 4.69) is 10.6 Å². The van der Waals surface area contributed by atoms with Crippen molar-refractivity contribution in [3.8, 4) is 0 Å². The highest BCUT2D eigenvalue weighted by atomic mass is 16.6. The van der Waals surface area contributed by atoms with Gasteiger partial charge in [-0.15, -0.1) is 0 Å². The lowest BCUT2D eigenvalue weighted by molar-refractivity contribution is -0.142. The van der Waals surface area contributed by atoms with Crippen LogP contribution in [0, 0.1) is 0 Å². The molecule has 0 unspecified atom stereocenters. The third-order valence-corrected chi connectivity index (χ3v) is 6.90. The second-order valence-corrected chi connectivity index (χ2v) is 8.82. The lowest BCUT2D eigenvalue weighted by atomic mass is 9.94. The fraction of sp³-hybridized carbons (Fsp3) is 0.360. The molecule has 1 spiro atoms. The first-order valence-corrected chi connectivity index (χ1v) is 11.4. The first-order valence-electron chi connectivity index (χ1n) is 11.4. The monoisotopic (exact) mass is 462 g/mol. The molecule has 2 aromatic rings. The molecule has 0 bridgehead atoms. The quantitative estimate of drug-likeness (QED) is 0.726. The van der Waals surface area contributed by atoms with Crippen molar-refractivity contribution in [1.29, 1.82) is 0 Å². The number of carbonyl (C=O) groups is 4. The van der Waals surface area contributed by atoms with Gasteiger partial charge in [-0.1, -0.05) is 36.4 Å². The van der Waals surface area contributed by atoms with Crippen LogP contribution in [-0.2, 0) is 26.3 Å². The van der Waals surface area contributed by atoms with Crippen LogP contribution < -0.4 is 10.6 Å². The highest BCUT2D eigenvalue weighted by Gasteiger charge is 2.58. The molecule has 2 saturated heterocycles. The molecule has 0 radical (unpaired) electrons. The Bertz CT molecular complexity index is 1170. The standard InChI is InChI=1S/C25H26N4O5/c1-26-23(32)27-18-9-10-19-17(14-18)11-12-25(19)22(31)29(24(33)34-25)15-21(30)28-13-5-8-20(28)16-6-3-2-4-7-16/h2-4,6-7,9-10,14,20H,5,8,11-13,15H2,1H3,(H2,26,27,32)/t20-,25-/m1/s1. The number of likely N-dealkylation sites (tertiary alicyclic amines) is 1. The molecule has 2 aromatic carbocycles. The van der Waals surface area contributed by atoms with Gasteiger partial charge in [-0.3, -0.25) is 9.59 Å². The van der Waals surface area contributed by atoms with E-state index in [1.165, 1.54) is 7.05 Å². The minimum absolute atomic E-state index is 0.0603. The molecular weight excluding hydrogens is 436 g/mol. The highest BCUT2D eigenvalue weighted by molar-refractivity contribution is 6.06. The number of aryl methyl sites for hydroxylation is 1. The molecule has 5 amide bonds. The maximum Gasteiger partial charge on any atom is 0.418 e. The Kier molecular flexibility index (Phi) is 5.47. The van der Waals surface area contributed by atoms with Crippen LogP contribution in [0.3, 0.4) is 0 Å². The summed E-state index contributed by atoms with van der Waals surface area (Å²) in [5, 5.41) is 5.19. The van der Waals surface area contributed by atoms with Gasteiger partial charge >= 0.3 is 12.1 Å². The summed E-state index contributed by atoms with van der Waals surface area (Å²) in [6.45, 7) is 0.249. The molecular formula is C25H26N4O5. The van der Waals surface area contributed by atoms with Gasteiger partial charge in [-0.25, -0.2) is 14.5 Å². The van der Waals surface area contributed by atoms with Crippen LogP contribution in [-0.4, -0.2) is 53.9 Å². The van der Waals surface area contributed by atoms with E-state index in [1.54, 1.807) is 23.1 Å². The maximum absolute atomic E-state index is 13.4. The SMILES string of the molecule is CNC(=O)Nc1ccc2c(c1)CC[C@@]21OC(=O)N(CC(=O)N2CCC[C@@H]2c2ccccc2)C1=O. The number of carbonyl (C=O) groups excluding carboxylic acids is 4. The van der Waals surface area contributed by atoms with Gasteiger partial charge in [0.05, 0.1) is 6.04 Å². The summed E-state index contributed by atoms with van der Waals surface area (Å²) < 4.78 is 5.65. The lowest BCUT2D eigenvalue weighted by Crippen LogP contribution is -2.44. The summed E-state index contributed by atoms with van der Waals surface area (Å²) in [7, 11) is 1.52. The Morgan fingerprint density at radius 2 is 1.94 bits per heavy atom. The van der Waals surface area contributed by atoms with Crippen LogP contribution in [0.25, 0.3) is 0 Å². The van der Waals surface area contributed by atoms with Gasteiger partial charge < -0.3 is 20.3 Å². The molecule has 0 saturated carbocycles. The minimum atomic E-state index is -1.41. The molecule has 2 atom stereocenters. The second-order valence-electron chi connectivity index (χ2n) is 8.82. The molecule has 2 aliphatic heterocycles. The van der Waals surface area contributed by atoms with Crippen molar-refractivity contribution in [2.45, 2.75) is 37.3 Å². The number of hydrogen-bond donors (Lipinski definition) is 2. The molecule has 34 heavy (non-hydrogen) atoms. The Balaban J connectivity index is 1.34. The third kappa shape index (κ3) is 3.57. The average molecular weight is 463 g/mol. The Hall–Kier alpha value is -3.88. The van der Waals surface area contributed by atoms with E-state index >= 15 is 0 Å². The van der Waals surface area contributed by atoms with Crippen LogP contribution in [0.4, 0.5) is 15.3 Å². The van der Waals surface area contributed by atoms with E-state index in [0.29, 0.717) is 30.6 Å². The van der Waals surface area contributed by atoms with Crippen molar-refractivity contribution in [2.24, 2.45) is 0 Å². The summed E-state index contributed by atoms with van der Waals surface area (Å²) in [5.74, 6) is -0.774. The summed E-state index contributed by atoms with van der Waals surface area (Å²) in [5.41, 5.74) is 1.65. The molecule has 3 aliphatic rings. The summed E-state index contributed by atoms with van der Waals surface area (Å²) >= 11 is 0. The van der Waals surface area contributed by atoms with Gasteiger partial charge in [0.2, 0.25) is 11.5 Å². The largest absolute Gasteiger partial charge is 0.427 e. The number of fused-ring (bicyclic) bond motifs is 2. The van der Waals surface area contributed by atoms with Crippen LogP contribution in [0.1, 0.15) is 42.0 Å². The van der Waals surface area contributed by atoms with Crippen molar-refractivity contribution in [3.05, 3.63) is 65.2 Å². The summed E-state index contributed by atoms with van der Waals surface area (Å²) in [4.78, 5) is 53.7. The van der Waals surface area contributed by atoms with E-state index < -0.39 is 17.6 Å². The first-order chi connectivity index (χ1) is 16.4. The van der Waals surface area contributed by atoms with Crippen molar-refractivity contribution >= 4 is 29.6 Å². The molecule has 5 rings (SSSR count). The Morgan fingerprint density at radius 1 is 1.15 bits per heavy atom. The molecule has 0 aromatic heterocycles.